The minimum absolute atomic E-state index is 0.0122. The third-order valence-corrected chi connectivity index (χ3v) is 7.93. The Morgan fingerprint density at radius 3 is 2.56 bits per heavy atom. The molecule has 2 fully saturated rings. The molecule has 1 heterocycles. The zero-order chi connectivity index (χ0) is 18.2. The maximum absolute atomic E-state index is 12.5. The lowest BCUT2D eigenvalue weighted by molar-refractivity contribution is 0.0935. The molecule has 2 N–H and O–H groups in total. The normalized spacial score (nSPS) is 24.0. The zero-order valence-electron chi connectivity index (χ0n) is 13.9. The van der Waals surface area contributed by atoms with Crippen molar-refractivity contribution in [1.82, 2.24) is 10.0 Å². The summed E-state index contributed by atoms with van der Waals surface area (Å²) in [5.74, 6) is -0.00533. The van der Waals surface area contributed by atoms with Crippen LogP contribution in [0.4, 0.5) is 0 Å². The molecule has 1 aliphatic heterocycles. The van der Waals surface area contributed by atoms with E-state index >= 15 is 0 Å². The minimum Gasteiger partial charge on any atom is -0.349 e. The Hall–Kier alpha value is -1.45. The van der Waals surface area contributed by atoms with E-state index in [1.165, 1.54) is 18.2 Å². The lowest BCUT2D eigenvalue weighted by Gasteiger charge is -2.14. The lowest BCUT2D eigenvalue weighted by Crippen LogP contribution is -2.36. The second-order valence-corrected chi connectivity index (χ2v) is 10.8. The standard InChI is InChI=1S/C16H22N2O5S2/c1-11(12-5-6-12)17-16(19)13-3-2-4-15(9-13)25(22,23)18-14-7-8-24(20,21)10-14/h2-4,9,11-12,14,18H,5-8,10H2,1H3,(H,17,19)/t11-,14+/m1/s1. The second-order valence-electron chi connectivity index (χ2n) is 6.85. The van der Waals surface area contributed by atoms with Gasteiger partial charge in [-0.15, -0.1) is 0 Å². The number of carbonyl (C=O) groups is 1. The van der Waals surface area contributed by atoms with Crippen LogP contribution in [0.25, 0.3) is 0 Å². The van der Waals surface area contributed by atoms with E-state index in [0.717, 1.165) is 12.8 Å². The van der Waals surface area contributed by atoms with E-state index in [0.29, 0.717) is 5.92 Å². The molecule has 1 saturated heterocycles. The van der Waals surface area contributed by atoms with E-state index in [1.54, 1.807) is 6.07 Å². The fourth-order valence-corrected chi connectivity index (χ4v) is 6.08. The zero-order valence-corrected chi connectivity index (χ0v) is 15.6. The van der Waals surface area contributed by atoms with Gasteiger partial charge in [-0.05, 0) is 50.3 Å². The molecule has 0 radical (unpaired) electrons. The molecule has 0 bridgehead atoms. The Labute approximate surface area is 148 Å². The van der Waals surface area contributed by atoms with Crippen LogP contribution < -0.4 is 10.0 Å². The van der Waals surface area contributed by atoms with Gasteiger partial charge in [0.2, 0.25) is 10.0 Å². The fraction of sp³-hybridized carbons (Fsp3) is 0.562. The molecule has 0 aromatic heterocycles. The summed E-state index contributed by atoms with van der Waals surface area (Å²) in [6, 6.07) is 5.23. The molecule has 7 nitrogen and oxygen atoms in total. The highest BCUT2D eigenvalue weighted by Crippen LogP contribution is 2.32. The van der Waals surface area contributed by atoms with Crippen LogP contribution in [0, 0.1) is 5.92 Å². The molecule has 0 unspecified atom stereocenters. The molecule has 1 aromatic carbocycles. The third-order valence-electron chi connectivity index (χ3n) is 4.65. The van der Waals surface area contributed by atoms with Crippen LogP contribution in [-0.4, -0.2) is 46.3 Å². The van der Waals surface area contributed by atoms with Gasteiger partial charge in [-0.3, -0.25) is 4.79 Å². The molecule has 9 heteroatoms. The van der Waals surface area contributed by atoms with Crippen molar-refractivity contribution in [1.29, 1.82) is 0 Å². The summed E-state index contributed by atoms with van der Waals surface area (Å²) in [4.78, 5) is 12.3. The number of rotatable bonds is 6. The average Bonchev–Trinajstić information content (AvgIpc) is 3.32. The number of hydrogen-bond acceptors (Lipinski definition) is 5. The molecule has 1 amide bonds. The number of hydrogen-bond donors (Lipinski definition) is 2. The van der Waals surface area contributed by atoms with Crippen LogP contribution >= 0.6 is 0 Å². The van der Waals surface area contributed by atoms with Gasteiger partial charge in [-0.25, -0.2) is 21.6 Å². The minimum atomic E-state index is -3.88. The second kappa shape index (κ2) is 6.69. The quantitative estimate of drug-likeness (QED) is 0.747. The topological polar surface area (TPSA) is 109 Å². The number of sulfone groups is 1. The molecule has 1 saturated carbocycles. The lowest BCUT2D eigenvalue weighted by atomic mass is 10.1. The summed E-state index contributed by atoms with van der Waals surface area (Å²) < 4.78 is 50.3. The smallest absolute Gasteiger partial charge is 0.251 e. The third kappa shape index (κ3) is 4.59. The molecule has 3 rings (SSSR count). The van der Waals surface area contributed by atoms with Crippen molar-refractivity contribution in [3.05, 3.63) is 29.8 Å². The predicted octanol–water partition coefficient (Wildman–Crippen LogP) is 0.680. The maximum atomic E-state index is 12.5. The van der Waals surface area contributed by atoms with Crippen LogP contribution in [0.5, 0.6) is 0 Å². The summed E-state index contributed by atoms with van der Waals surface area (Å²) in [5, 5.41) is 2.89. The van der Waals surface area contributed by atoms with E-state index in [2.05, 4.69) is 10.0 Å². The fourth-order valence-electron chi connectivity index (χ4n) is 2.98. The number of nitrogens with one attached hydrogen (secondary N) is 2. The van der Waals surface area contributed by atoms with Gasteiger partial charge in [-0.1, -0.05) is 6.07 Å². The van der Waals surface area contributed by atoms with E-state index in [4.69, 9.17) is 0 Å². The molecule has 1 aromatic rings. The summed E-state index contributed by atoms with van der Waals surface area (Å²) in [6.07, 6.45) is 2.47. The van der Waals surface area contributed by atoms with Gasteiger partial charge in [0.05, 0.1) is 16.4 Å². The van der Waals surface area contributed by atoms with Crippen molar-refractivity contribution in [2.75, 3.05) is 11.5 Å². The van der Waals surface area contributed by atoms with Crippen LogP contribution in [0.1, 0.15) is 36.5 Å². The maximum Gasteiger partial charge on any atom is 0.251 e. The van der Waals surface area contributed by atoms with Crippen LogP contribution in [0.2, 0.25) is 0 Å². The number of carbonyl (C=O) groups excluding carboxylic acids is 1. The SMILES string of the molecule is C[C@@H](NC(=O)c1cccc(S(=O)(=O)N[C@H]2CCS(=O)(=O)C2)c1)C1CC1. The number of sulfonamides is 1. The highest BCUT2D eigenvalue weighted by Gasteiger charge is 2.32. The highest BCUT2D eigenvalue weighted by atomic mass is 32.2. The molecule has 2 atom stereocenters. The summed E-state index contributed by atoms with van der Waals surface area (Å²) in [6.45, 7) is 1.94. The van der Waals surface area contributed by atoms with E-state index in [1.807, 2.05) is 6.92 Å². The van der Waals surface area contributed by atoms with Gasteiger partial charge in [-0.2, -0.15) is 0 Å². The Morgan fingerprint density at radius 1 is 1.24 bits per heavy atom. The van der Waals surface area contributed by atoms with Gasteiger partial charge in [0.15, 0.2) is 9.84 Å². The van der Waals surface area contributed by atoms with Crippen molar-refractivity contribution in [3.63, 3.8) is 0 Å². The van der Waals surface area contributed by atoms with Gasteiger partial charge in [0, 0.05) is 17.6 Å². The van der Waals surface area contributed by atoms with Crippen LogP contribution in [0.3, 0.4) is 0 Å². The van der Waals surface area contributed by atoms with Gasteiger partial charge < -0.3 is 5.32 Å². The molecule has 25 heavy (non-hydrogen) atoms. The molecule has 1 aliphatic carbocycles. The van der Waals surface area contributed by atoms with Crippen molar-refractivity contribution in [2.24, 2.45) is 5.92 Å². The van der Waals surface area contributed by atoms with Gasteiger partial charge >= 0.3 is 0 Å². The first kappa shape index (κ1) is 18.3. The van der Waals surface area contributed by atoms with Crippen LogP contribution in [-0.2, 0) is 19.9 Å². The van der Waals surface area contributed by atoms with E-state index in [9.17, 15) is 21.6 Å². The monoisotopic (exact) mass is 386 g/mol. The van der Waals surface area contributed by atoms with Gasteiger partial charge in [0.1, 0.15) is 0 Å². The first-order chi connectivity index (χ1) is 11.7. The van der Waals surface area contributed by atoms with Crippen molar-refractivity contribution >= 4 is 25.8 Å². The summed E-state index contributed by atoms with van der Waals surface area (Å²) in [5.41, 5.74) is 0.273. The molecule has 138 valence electrons. The Balaban J connectivity index is 1.72. The van der Waals surface area contributed by atoms with E-state index in [-0.39, 0.29) is 40.3 Å². The largest absolute Gasteiger partial charge is 0.349 e. The predicted molar refractivity (Wildman–Crippen MR) is 93.5 cm³/mol. The summed E-state index contributed by atoms with van der Waals surface area (Å²) in [7, 11) is -7.06. The molecular weight excluding hydrogens is 364 g/mol. The van der Waals surface area contributed by atoms with Crippen LogP contribution in [0.15, 0.2) is 29.2 Å². The van der Waals surface area contributed by atoms with Crippen molar-refractivity contribution in [3.8, 4) is 0 Å². The van der Waals surface area contributed by atoms with Gasteiger partial charge in [0.25, 0.3) is 5.91 Å². The highest BCUT2D eigenvalue weighted by molar-refractivity contribution is 7.92. The van der Waals surface area contributed by atoms with E-state index < -0.39 is 25.9 Å². The number of amides is 1. The van der Waals surface area contributed by atoms with Crippen molar-refractivity contribution in [2.45, 2.75) is 43.2 Å². The summed E-state index contributed by atoms with van der Waals surface area (Å²) >= 11 is 0. The molecule has 0 spiro atoms. The first-order valence-electron chi connectivity index (χ1n) is 8.30. The number of benzene rings is 1. The molecular formula is C16H22N2O5S2. The molecule has 2 aliphatic rings. The Morgan fingerprint density at radius 2 is 1.96 bits per heavy atom. The average molecular weight is 386 g/mol. The van der Waals surface area contributed by atoms with Crippen molar-refractivity contribution < 1.29 is 21.6 Å². The Kier molecular flexibility index (Phi) is 4.91. The Bertz CT molecular complexity index is 876. The first-order valence-corrected chi connectivity index (χ1v) is 11.6.